The Balaban J connectivity index is 2.15. The van der Waals surface area contributed by atoms with Gasteiger partial charge < -0.3 is 19.3 Å². The summed E-state index contributed by atoms with van der Waals surface area (Å²) in [5.41, 5.74) is 2.54. The number of hydrogen-bond acceptors (Lipinski definition) is 5. The van der Waals surface area contributed by atoms with Crippen LogP contribution in [0.4, 0.5) is 5.69 Å². The van der Waals surface area contributed by atoms with Crippen molar-refractivity contribution in [3.05, 3.63) is 58.6 Å². The standard InChI is InChI=1S/C23H27ClN2O4/c1-15(27)30-22-19(18-7-5-6-8-21(18)29-4)14-16-13-17(24)9-10-20(16)26(23(22)28)12-11-25(2)3/h5-10,13,19,22H,11-12,14H2,1-4H3. The van der Waals surface area contributed by atoms with Gasteiger partial charge in [-0.15, -0.1) is 0 Å². The van der Waals surface area contributed by atoms with E-state index in [4.69, 9.17) is 21.1 Å². The number of carbonyl (C=O) groups excluding carboxylic acids is 2. The predicted octanol–water partition coefficient (Wildman–Crippen LogP) is 3.51. The maximum absolute atomic E-state index is 13.7. The summed E-state index contributed by atoms with van der Waals surface area (Å²) in [5, 5.41) is 0.596. The third kappa shape index (κ3) is 4.77. The number of anilines is 1. The van der Waals surface area contributed by atoms with Gasteiger partial charge in [0, 0.05) is 42.2 Å². The van der Waals surface area contributed by atoms with Gasteiger partial charge in [-0.25, -0.2) is 0 Å². The van der Waals surface area contributed by atoms with Crippen molar-refractivity contribution < 1.29 is 19.1 Å². The minimum atomic E-state index is -0.966. The molecule has 2 unspecified atom stereocenters. The summed E-state index contributed by atoms with van der Waals surface area (Å²) < 4.78 is 11.2. The van der Waals surface area contributed by atoms with E-state index in [2.05, 4.69) is 0 Å². The van der Waals surface area contributed by atoms with Crippen molar-refractivity contribution in [2.45, 2.75) is 25.4 Å². The largest absolute Gasteiger partial charge is 0.496 e. The van der Waals surface area contributed by atoms with Gasteiger partial charge in [0.15, 0.2) is 6.10 Å². The highest BCUT2D eigenvalue weighted by Gasteiger charge is 2.41. The van der Waals surface area contributed by atoms with Gasteiger partial charge in [0.25, 0.3) is 5.91 Å². The van der Waals surface area contributed by atoms with E-state index < -0.39 is 18.0 Å². The topological polar surface area (TPSA) is 59.1 Å². The van der Waals surface area contributed by atoms with Gasteiger partial charge in [-0.05, 0) is 50.3 Å². The molecule has 0 radical (unpaired) electrons. The van der Waals surface area contributed by atoms with Crippen molar-refractivity contribution in [2.24, 2.45) is 0 Å². The summed E-state index contributed by atoms with van der Waals surface area (Å²) in [5.74, 6) is -0.495. The highest BCUT2D eigenvalue weighted by molar-refractivity contribution is 6.30. The Labute approximate surface area is 182 Å². The molecule has 0 saturated carbocycles. The van der Waals surface area contributed by atoms with Crippen molar-refractivity contribution in [1.82, 2.24) is 4.90 Å². The van der Waals surface area contributed by atoms with E-state index in [1.807, 2.05) is 55.4 Å². The molecule has 2 aromatic carbocycles. The maximum atomic E-state index is 13.7. The fraction of sp³-hybridized carbons (Fsp3) is 0.391. The Kier molecular flexibility index (Phi) is 7.00. The third-order valence-corrected chi connectivity index (χ3v) is 5.48. The molecule has 1 aliphatic heterocycles. The Morgan fingerprint density at radius 3 is 2.63 bits per heavy atom. The quantitative estimate of drug-likeness (QED) is 0.656. The molecule has 0 saturated heterocycles. The Hall–Kier alpha value is -2.57. The van der Waals surface area contributed by atoms with E-state index in [1.165, 1.54) is 6.92 Å². The van der Waals surface area contributed by atoms with Crippen LogP contribution in [0.15, 0.2) is 42.5 Å². The minimum Gasteiger partial charge on any atom is -0.496 e. The molecule has 0 N–H and O–H groups in total. The van der Waals surface area contributed by atoms with Gasteiger partial charge in [-0.3, -0.25) is 9.59 Å². The number of esters is 1. The molecular weight excluding hydrogens is 404 g/mol. The van der Waals surface area contributed by atoms with Gasteiger partial charge in [0.05, 0.1) is 7.11 Å². The monoisotopic (exact) mass is 430 g/mol. The molecule has 0 aromatic heterocycles. The van der Waals surface area contributed by atoms with Gasteiger partial charge in [0.1, 0.15) is 5.75 Å². The molecule has 7 heteroatoms. The summed E-state index contributed by atoms with van der Waals surface area (Å²) >= 11 is 6.29. The molecule has 6 nitrogen and oxygen atoms in total. The van der Waals surface area contributed by atoms with Crippen LogP contribution in [0, 0.1) is 0 Å². The van der Waals surface area contributed by atoms with Crippen LogP contribution < -0.4 is 9.64 Å². The van der Waals surface area contributed by atoms with Crippen molar-refractivity contribution in [2.75, 3.05) is 39.2 Å². The van der Waals surface area contributed by atoms with Crippen LogP contribution >= 0.6 is 11.6 Å². The summed E-state index contributed by atoms with van der Waals surface area (Å²) in [6, 6.07) is 13.0. The van der Waals surface area contributed by atoms with Crippen LogP contribution in [0.25, 0.3) is 0 Å². The second kappa shape index (κ2) is 9.49. The average molecular weight is 431 g/mol. The number of fused-ring (bicyclic) bond motifs is 1. The molecule has 2 atom stereocenters. The predicted molar refractivity (Wildman–Crippen MR) is 117 cm³/mol. The Morgan fingerprint density at radius 2 is 1.97 bits per heavy atom. The number of methoxy groups -OCH3 is 1. The van der Waals surface area contributed by atoms with Crippen molar-refractivity contribution >= 4 is 29.2 Å². The number of hydrogen-bond donors (Lipinski definition) is 0. The van der Waals surface area contributed by atoms with Crippen molar-refractivity contribution in [3.8, 4) is 5.75 Å². The van der Waals surface area contributed by atoms with Gasteiger partial charge in [0.2, 0.25) is 0 Å². The number of ether oxygens (including phenoxy) is 2. The lowest BCUT2D eigenvalue weighted by Gasteiger charge is -2.29. The first-order valence-electron chi connectivity index (χ1n) is 9.86. The zero-order chi connectivity index (χ0) is 21.8. The van der Waals surface area contributed by atoms with Gasteiger partial charge in [-0.1, -0.05) is 29.8 Å². The second-order valence-corrected chi connectivity index (χ2v) is 8.09. The first-order chi connectivity index (χ1) is 14.3. The minimum absolute atomic E-state index is 0.246. The average Bonchev–Trinajstić information content (AvgIpc) is 2.81. The number of nitrogens with zero attached hydrogens (tertiary/aromatic N) is 2. The molecule has 2 aromatic rings. The zero-order valence-electron chi connectivity index (χ0n) is 17.7. The fourth-order valence-corrected chi connectivity index (χ4v) is 4.05. The van der Waals surface area contributed by atoms with Gasteiger partial charge in [-0.2, -0.15) is 0 Å². The van der Waals surface area contributed by atoms with Crippen LogP contribution in [0.3, 0.4) is 0 Å². The lowest BCUT2D eigenvalue weighted by Crippen LogP contribution is -2.45. The number of rotatable bonds is 6. The van der Waals surface area contributed by atoms with E-state index in [0.29, 0.717) is 30.3 Å². The molecule has 1 heterocycles. The van der Waals surface area contributed by atoms with Crippen LogP contribution in [0.2, 0.25) is 5.02 Å². The maximum Gasteiger partial charge on any atom is 0.303 e. The van der Waals surface area contributed by atoms with E-state index in [-0.39, 0.29) is 5.91 Å². The summed E-state index contributed by atoms with van der Waals surface area (Å²) in [6.07, 6.45) is -0.481. The van der Waals surface area contributed by atoms with E-state index in [1.54, 1.807) is 18.1 Å². The second-order valence-electron chi connectivity index (χ2n) is 7.65. The SMILES string of the molecule is COc1ccccc1C1Cc2cc(Cl)ccc2N(CCN(C)C)C(=O)C1OC(C)=O. The lowest BCUT2D eigenvalue weighted by atomic mass is 9.87. The molecule has 1 aliphatic rings. The molecule has 0 spiro atoms. The molecule has 0 aliphatic carbocycles. The summed E-state index contributed by atoms with van der Waals surface area (Å²) in [6.45, 7) is 2.46. The van der Waals surface area contributed by atoms with Gasteiger partial charge >= 0.3 is 5.97 Å². The van der Waals surface area contributed by atoms with E-state index in [9.17, 15) is 9.59 Å². The van der Waals surface area contributed by atoms with Crippen LogP contribution in [-0.4, -0.2) is 57.2 Å². The highest BCUT2D eigenvalue weighted by atomic mass is 35.5. The molecule has 0 bridgehead atoms. The highest BCUT2D eigenvalue weighted by Crippen LogP contribution is 2.40. The zero-order valence-corrected chi connectivity index (χ0v) is 18.5. The fourth-order valence-electron chi connectivity index (χ4n) is 3.86. The first kappa shape index (κ1) is 22.1. The molecule has 3 rings (SSSR count). The molecule has 160 valence electrons. The van der Waals surface area contributed by atoms with E-state index in [0.717, 1.165) is 16.8 Å². The number of amides is 1. The smallest absolute Gasteiger partial charge is 0.303 e. The normalized spacial score (nSPS) is 18.7. The Bertz CT molecular complexity index is 931. The third-order valence-electron chi connectivity index (χ3n) is 5.25. The molecule has 0 fully saturated rings. The Morgan fingerprint density at radius 1 is 1.23 bits per heavy atom. The van der Waals surface area contributed by atoms with Crippen LogP contribution in [0.5, 0.6) is 5.75 Å². The molecule has 1 amide bonds. The number of benzene rings is 2. The number of halogens is 1. The molecule has 30 heavy (non-hydrogen) atoms. The summed E-state index contributed by atoms with van der Waals surface area (Å²) in [7, 11) is 5.49. The molecular formula is C23H27ClN2O4. The number of likely N-dealkylation sites (N-methyl/N-ethyl adjacent to an activating group) is 1. The van der Waals surface area contributed by atoms with Crippen LogP contribution in [-0.2, 0) is 20.7 Å². The van der Waals surface area contributed by atoms with Crippen molar-refractivity contribution in [3.63, 3.8) is 0 Å². The van der Waals surface area contributed by atoms with E-state index >= 15 is 0 Å². The first-order valence-corrected chi connectivity index (χ1v) is 10.2. The van der Waals surface area contributed by atoms with Crippen molar-refractivity contribution in [1.29, 1.82) is 0 Å². The summed E-state index contributed by atoms with van der Waals surface area (Å²) in [4.78, 5) is 29.3. The number of carbonyl (C=O) groups is 2. The number of para-hydroxylation sites is 1. The van der Waals surface area contributed by atoms with Crippen LogP contribution in [0.1, 0.15) is 24.0 Å². The lowest BCUT2D eigenvalue weighted by molar-refractivity contribution is -0.154.